The summed E-state index contributed by atoms with van der Waals surface area (Å²) in [5.41, 5.74) is 21.2. The lowest BCUT2D eigenvalue weighted by Crippen LogP contribution is -2.58. The molecule has 0 aliphatic rings. The zero-order valence-corrected chi connectivity index (χ0v) is 19.0. The van der Waals surface area contributed by atoms with Crippen molar-refractivity contribution in [1.82, 2.24) is 16.0 Å². The summed E-state index contributed by atoms with van der Waals surface area (Å²) >= 11 is 0. The molecule has 4 unspecified atom stereocenters. The van der Waals surface area contributed by atoms with Crippen LogP contribution in [0.1, 0.15) is 44.9 Å². The van der Waals surface area contributed by atoms with Crippen LogP contribution in [0.2, 0.25) is 0 Å². The second-order valence-electron chi connectivity index (χ2n) is 7.69. The van der Waals surface area contributed by atoms with E-state index in [9.17, 15) is 38.7 Å². The highest BCUT2D eigenvalue weighted by Crippen LogP contribution is 2.04. The molecule has 0 heterocycles. The molecular formula is C19H33N7O9. The third-order valence-electron chi connectivity index (χ3n) is 4.65. The molecule has 35 heavy (non-hydrogen) atoms. The maximum absolute atomic E-state index is 12.7. The van der Waals surface area contributed by atoms with Crippen molar-refractivity contribution in [3.63, 3.8) is 0 Å². The van der Waals surface area contributed by atoms with Crippen molar-refractivity contribution >= 4 is 41.5 Å². The molecule has 0 bridgehead atoms. The summed E-state index contributed by atoms with van der Waals surface area (Å²) in [6.45, 7) is 0.382. The fourth-order valence-electron chi connectivity index (χ4n) is 2.80. The third kappa shape index (κ3) is 13.5. The standard InChI is InChI=1S/C19H33N7O9/c20-6-2-1-3-9(21)16(31)25-12(8-15(29)30)18(33)26-11(7-14(23)28)17(32)24-10(19(34)35)4-5-13(22)27/h9-12H,1-8,20-21H2,(H2,22,27)(H2,23,28)(H,24,32)(H,25,31)(H,26,33)(H,29,30)(H,34,35). The van der Waals surface area contributed by atoms with Gasteiger partial charge in [-0.2, -0.15) is 0 Å². The molecular weight excluding hydrogens is 470 g/mol. The Kier molecular flexibility index (Phi) is 14.2. The van der Waals surface area contributed by atoms with Crippen molar-refractivity contribution in [1.29, 1.82) is 0 Å². The first-order chi connectivity index (χ1) is 16.3. The number of carbonyl (C=O) groups is 7. The number of carbonyl (C=O) groups excluding carboxylic acids is 5. The van der Waals surface area contributed by atoms with E-state index in [-0.39, 0.29) is 19.3 Å². The number of carboxylic acids is 2. The number of primary amides is 2. The normalized spacial score (nSPS) is 14.0. The molecule has 0 fully saturated rings. The number of unbranched alkanes of at least 4 members (excludes halogenated alkanes) is 1. The van der Waals surface area contributed by atoms with Gasteiger partial charge in [0, 0.05) is 6.42 Å². The smallest absolute Gasteiger partial charge is 0.326 e. The van der Waals surface area contributed by atoms with Crippen molar-refractivity contribution in [2.75, 3.05) is 6.54 Å². The molecule has 0 aliphatic carbocycles. The number of rotatable bonds is 18. The van der Waals surface area contributed by atoms with Gasteiger partial charge < -0.3 is 49.1 Å². The van der Waals surface area contributed by atoms with Crippen molar-refractivity contribution < 1.29 is 43.8 Å². The van der Waals surface area contributed by atoms with E-state index in [1.54, 1.807) is 0 Å². The van der Waals surface area contributed by atoms with Gasteiger partial charge in [-0.1, -0.05) is 6.42 Å². The van der Waals surface area contributed by atoms with Gasteiger partial charge >= 0.3 is 11.9 Å². The molecule has 16 heteroatoms. The van der Waals surface area contributed by atoms with E-state index in [1.165, 1.54) is 0 Å². The molecule has 0 saturated heterocycles. The quantitative estimate of drug-likeness (QED) is 0.0804. The van der Waals surface area contributed by atoms with Gasteiger partial charge in [-0.15, -0.1) is 0 Å². The Labute approximate surface area is 200 Å². The summed E-state index contributed by atoms with van der Waals surface area (Å²) in [6.07, 6.45) is -1.06. The fraction of sp³-hybridized carbons (Fsp3) is 0.632. The summed E-state index contributed by atoms with van der Waals surface area (Å²) in [4.78, 5) is 82.3. The second kappa shape index (κ2) is 15.9. The van der Waals surface area contributed by atoms with Crippen LogP contribution in [-0.4, -0.2) is 82.4 Å². The molecule has 0 aromatic carbocycles. The molecule has 0 saturated carbocycles. The topological polar surface area (TPSA) is 300 Å². The van der Waals surface area contributed by atoms with Crippen LogP contribution in [0.3, 0.4) is 0 Å². The summed E-state index contributed by atoms with van der Waals surface area (Å²) in [7, 11) is 0. The minimum Gasteiger partial charge on any atom is -0.481 e. The van der Waals surface area contributed by atoms with Gasteiger partial charge in [0.1, 0.15) is 18.1 Å². The van der Waals surface area contributed by atoms with Crippen LogP contribution in [0.15, 0.2) is 0 Å². The summed E-state index contributed by atoms with van der Waals surface area (Å²) in [5.74, 6) is -7.96. The highest BCUT2D eigenvalue weighted by Gasteiger charge is 2.32. The number of hydrogen-bond donors (Lipinski definition) is 9. The fourth-order valence-corrected chi connectivity index (χ4v) is 2.80. The highest BCUT2D eigenvalue weighted by molar-refractivity contribution is 5.97. The van der Waals surface area contributed by atoms with E-state index in [1.807, 2.05) is 5.32 Å². The zero-order chi connectivity index (χ0) is 27.1. The van der Waals surface area contributed by atoms with E-state index >= 15 is 0 Å². The molecule has 5 amide bonds. The molecule has 0 aromatic rings. The summed E-state index contributed by atoms with van der Waals surface area (Å²) in [6, 6.07) is -6.02. The molecule has 0 rings (SSSR count). The van der Waals surface area contributed by atoms with Crippen LogP contribution in [0, 0.1) is 0 Å². The lowest BCUT2D eigenvalue weighted by molar-refractivity contribution is -0.143. The molecule has 0 radical (unpaired) electrons. The van der Waals surface area contributed by atoms with Crippen molar-refractivity contribution in [3.8, 4) is 0 Å². The van der Waals surface area contributed by atoms with Gasteiger partial charge in [0.15, 0.2) is 0 Å². The molecule has 198 valence electrons. The minimum absolute atomic E-state index is 0.221. The molecule has 16 nitrogen and oxygen atoms in total. The van der Waals surface area contributed by atoms with Crippen LogP contribution in [0.5, 0.6) is 0 Å². The van der Waals surface area contributed by atoms with Gasteiger partial charge in [-0.3, -0.25) is 28.8 Å². The number of nitrogens with one attached hydrogen (secondary N) is 3. The average molecular weight is 504 g/mol. The lowest BCUT2D eigenvalue weighted by Gasteiger charge is -2.24. The number of aliphatic carboxylic acids is 2. The Balaban J connectivity index is 5.47. The van der Waals surface area contributed by atoms with Crippen LogP contribution in [-0.2, 0) is 33.6 Å². The Hall–Kier alpha value is -3.79. The molecule has 0 aliphatic heterocycles. The van der Waals surface area contributed by atoms with Gasteiger partial charge in [-0.25, -0.2) is 4.79 Å². The summed E-state index contributed by atoms with van der Waals surface area (Å²) < 4.78 is 0. The van der Waals surface area contributed by atoms with Crippen molar-refractivity contribution in [2.24, 2.45) is 22.9 Å². The Morgan fingerprint density at radius 1 is 0.686 bits per heavy atom. The first-order valence-corrected chi connectivity index (χ1v) is 10.7. The van der Waals surface area contributed by atoms with Crippen molar-refractivity contribution in [3.05, 3.63) is 0 Å². The number of nitrogens with two attached hydrogens (primary N) is 4. The lowest BCUT2D eigenvalue weighted by atomic mass is 10.1. The van der Waals surface area contributed by atoms with Gasteiger partial charge in [0.25, 0.3) is 0 Å². The van der Waals surface area contributed by atoms with E-state index in [2.05, 4.69) is 10.6 Å². The molecule has 0 spiro atoms. The Bertz CT molecular complexity index is 806. The zero-order valence-electron chi connectivity index (χ0n) is 19.0. The van der Waals surface area contributed by atoms with Gasteiger partial charge in [0.2, 0.25) is 29.5 Å². The van der Waals surface area contributed by atoms with E-state index < -0.39 is 78.5 Å². The number of carboxylic acid groups (broad SMARTS) is 2. The predicted molar refractivity (Wildman–Crippen MR) is 119 cm³/mol. The number of hydrogen-bond acceptors (Lipinski definition) is 9. The molecule has 4 atom stereocenters. The third-order valence-corrected chi connectivity index (χ3v) is 4.65. The van der Waals surface area contributed by atoms with Crippen LogP contribution < -0.4 is 38.9 Å². The van der Waals surface area contributed by atoms with E-state index in [0.29, 0.717) is 19.4 Å². The highest BCUT2D eigenvalue weighted by atomic mass is 16.4. The maximum Gasteiger partial charge on any atom is 0.326 e. The second-order valence-corrected chi connectivity index (χ2v) is 7.69. The largest absolute Gasteiger partial charge is 0.481 e. The summed E-state index contributed by atoms with van der Waals surface area (Å²) in [5, 5.41) is 24.6. The van der Waals surface area contributed by atoms with E-state index in [0.717, 1.165) is 0 Å². The maximum atomic E-state index is 12.7. The van der Waals surface area contributed by atoms with Crippen LogP contribution in [0.4, 0.5) is 0 Å². The Morgan fingerprint density at radius 2 is 1.20 bits per heavy atom. The predicted octanol–water partition coefficient (Wildman–Crippen LogP) is -4.40. The van der Waals surface area contributed by atoms with Crippen LogP contribution >= 0.6 is 0 Å². The number of amides is 5. The van der Waals surface area contributed by atoms with Crippen LogP contribution in [0.25, 0.3) is 0 Å². The van der Waals surface area contributed by atoms with Gasteiger partial charge in [-0.05, 0) is 25.8 Å². The average Bonchev–Trinajstić information content (AvgIpc) is 2.74. The molecule has 13 N–H and O–H groups in total. The van der Waals surface area contributed by atoms with E-state index in [4.69, 9.17) is 28.0 Å². The van der Waals surface area contributed by atoms with Crippen molar-refractivity contribution in [2.45, 2.75) is 69.1 Å². The monoisotopic (exact) mass is 503 g/mol. The first kappa shape index (κ1) is 31.2. The molecule has 0 aromatic heterocycles. The van der Waals surface area contributed by atoms with Gasteiger partial charge in [0.05, 0.1) is 18.9 Å². The SMILES string of the molecule is NCCCCC(N)C(=O)NC(CC(=O)O)C(=O)NC(CC(N)=O)C(=O)NC(CCC(N)=O)C(=O)O. The minimum atomic E-state index is -1.71. The Morgan fingerprint density at radius 3 is 1.66 bits per heavy atom. The first-order valence-electron chi connectivity index (χ1n) is 10.7.